The Balaban J connectivity index is 2.40. The van der Waals surface area contributed by atoms with E-state index in [-0.39, 0.29) is 11.8 Å². The summed E-state index contributed by atoms with van der Waals surface area (Å²) in [5.41, 5.74) is 5.87. The van der Waals surface area contributed by atoms with Crippen LogP contribution in [-0.4, -0.2) is 20.4 Å². The number of hydrogen-bond donors (Lipinski definition) is 1. The average Bonchev–Trinajstić information content (AvgIpc) is 2.21. The molecule has 1 aromatic carbocycles. The number of nitrogens with two attached hydrogens (primary N) is 1. The largest absolute Gasteiger partial charge is 0.365 e. The second-order valence-electron chi connectivity index (χ2n) is 2.59. The van der Waals surface area contributed by atoms with Crippen molar-refractivity contribution in [1.82, 2.24) is 20.4 Å². The lowest BCUT2D eigenvalue weighted by molar-refractivity contribution is 0.628. The van der Waals surface area contributed by atoms with Gasteiger partial charge in [0.1, 0.15) is 5.82 Å². The van der Waals surface area contributed by atoms with Crippen LogP contribution in [-0.2, 0) is 0 Å². The van der Waals surface area contributed by atoms with Crippen LogP contribution < -0.4 is 5.73 Å². The average molecular weight is 191 g/mol. The Morgan fingerprint density at radius 2 is 1.50 bits per heavy atom. The first-order valence-corrected chi connectivity index (χ1v) is 3.84. The molecule has 0 spiro atoms. The second-order valence-corrected chi connectivity index (χ2v) is 2.59. The predicted molar refractivity (Wildman–Crippen MR) is 47.4 cm³/mol. The molecule has 5 nitrogen and oxygen atoms in total. The fourth-order valence-electron chi connectivity index (χ4n) is 0.952. The van der Waals surface area contributed by atoms with Gasteiger partial charge in [0.15, 0.2) is 0 Å². The van der Waals surface area contributed by atoms with Crippen molar-refractivity contribution in [2.75, 3.05) is 5.73 Å². The lowest BCUT2D eigenvalue weighted by Crippen LogP contribution is -2.01. The number of nitrogens with zero attached hydrogens (tertiary/aromatic N) is 4. The monoisotopic (exact) mass is 191 g/mol. The molecule has 0 saturated heterocycles. The first-order valence-electron chi connectivity index (χ1n) is 3.84. The van der Waals surface area contributed by atoms with Gasteiger partial charge in [0.2, 0.25) is 5.82 Å². The van der Waals surface area contributed by atoms with E-state index in [0.717, 1.165) is 0 Å². The second kappa shape index (κ2) is 3.33. The highest BCUT2D eigenvalue weighted by atomic mass is 19.1. The Bertz CT molecular complexity index is 381. The zero-order valence-corrected chi connectivity index (χ0v) is 7.05. The molecule has 70 valence electrons. The van der Waals surface area contributed by atoms with Crippen LogP contribution in [0.5, 0.6) is 0 Å². The highest BCUT2D eigenvalue weighted by Gasteiger charge is 2.02. The van der Waals surface area contributed by atoms with Gasteiger partial charge in [-0.1, -0.05) is 0 Å². The van der Waals surface area contributed by atoms with Gasteiger partial charge in [-0.3, -0.25) is 0 Å². The van der Waals surface area contributed by atoms with Gasteiger partial charge in [-0.2, -0.15) is 0 Å². The Morgan fingerprint density at radius 1 is 0.929 bits per heavy atom. The molecule has 1 aromatic heterocycles. The van der Waals surface area contributed by atoms with Crippen molar-refractivity contribution in [1.29, 1.82) is 0 Å². The van der Waals surface area contributed by atoms with Crippen molar-refractivity contribution in [3.05, 3.63) is 30.1 Å². The van der Waals surface area contributed by atoms with E-state index in [4.69, 9.17) is 5.73 Å². The maximum atomic E-state index is 12.6. The molecule has 0 bridgehead atoms. The summed E-state index contributed by atoms with van der Waals surface area (Å²) in [4.78, 5) is 0. The number of rotatable bonds is 1. The number of anilines is 1. The van der Waals surface area contributed by atoms with E-state index in [9.17, 15) is 4.39 Å². The van der Waals surface area contributed by atoms with E-state index >= 15 is 0 Å². The van der Waals surface area contributed by atoms with Gasteiger partial charge < -0.3 is 5.73 Å². The highest BCUT2D eigenvalue weighted by molar-refractivity contribution is 5.53. The summed E-state index contributed by atoms with van der Waals surface area (Å²) in [6.45, 7) is 0. The van der Waals surface area contributed by atoms with Crippen molar-refractivity contribution in [3.8, 4) is 11.4 Å². The van der Waals surface area contributed by atoms with E-state index in [1.165, 1.54) is 12.1 Å². The van der Waals surface area contributed by atoms with E-state index in [1.54, 1.807) is 12.1 Å². The SMILES string of the molecule is Nc1nnc(-c2ccc(F)cc2)nn1. The zero-order valence-electron chi connectivity index (χ0n) is 7.05. The number of benzene rings is 1. The molecule has 1 heterocycles. The summed E-state index contributed by atoms with van der Waals surface area (Å²) >= 11 is 0. The van der Waals surface area contributed by atoms with Gasteiger partial charge in [-0.15, -0.1) is 20.4 Å². The first-order chi connectivity index (χ1) is 6.75. The van der Waals surface area contributed by atoms with Gasteiger partial charge in [0.25, 0.3) is 5.95 Å². The minimum absolute atomic E-state index is 0.0101. The standard InChI is InChI=1S/C8H6FN5/c9-6-3-1-5(2-4-6)7-11-13-8(10)14-12-7/h1-4H,(H2,10,13,14). The summed E-state index contributed by atoms with van der Waals surface area (Å²) in [5.74, 6) is 0.0141. The highest BCUT2D eigenvalue weighted by Crippen LogP contribution is 2.12. The molecular formula is C8H6FN5. The molecule has 14 heavy (non-hydrogen) atoms. The number of hydrogen-bond acceptors (Lipinski definition) is 5. The topological polar surface area (TPSA) is 77.6 Å². The minimum Gasteiger partial charge on any atom is -0.365 e. The lowest BCUT2D eigenvalue weighted by atomic mass is 10.2. The van der Waals surface area contributed by atoms with E-state index in [0.29, 0.717) is 11.4 Å². The molecule has 2 rings (SSSR count). The molecule has 0 unspecified atom stereocenters. The van der Waals surface area contributed by atoms with Crippen molar-refractivity contribution >= 4 is 5.95 Å². The smallest absolute Gasteiger partial charge is 0.259 e. The summed E-state index contributed by atoms with van der Waals surface area (Å²) in [6, 6.07) is 5.72. The first kappa shape index (κ1) is 8.49. The van der Waals surface area contributed by atoms with Crippen LogP contribution in [0.2, 0.25) is 0 Å². The molecular weight excluding hydrogens is 185 g/mol. The molecule has 0 radical (unpaired) electrons. The van der Waals surface area contributed by atoms with Gasteiger partial charge in [-0.05, 0) is 24.3 Å². The van der Waals surface area contributed by atoms with Crippen molar-refractivity contribution in [3.63, 3.8) is 0 Å². The zero-order chi connectivity index (χ0) is 9.97. The molecule has 0 aliphatic rings. The molecule has 0 aliphatic carbocycles. The third-order valence-corrected chi connectivity index (χ3v) is 1.60. The molecule has 0 aliphatic heterocycles. The quantitative estimate of drug-likeness (QED) is 0.716. The van der Waals surface area contributed by atoms with Crippen LogP contribution in [0, 0.1) is 5.82 Å². The van der Waals surface area contributed by atoms with Crippen LogP contribution in [0.4, 0.5) is 10.3 Å². The number of aromatic nitrogens is 4. The summed E-state index contributed by atoms with van der Waals surface area (Å²) in [7, 11) is 0. The maximum absolute atomic E-state index is 12.6. The number of halogens is 1. The van der Waals surface area contributed by atoms with Crippen molar-refractivity contribution in [2.24, 2.45) is 0 Å². The van der Waals surface area contributed by atoms with Crippen molar-refractivity contribution in [2.45, 2.75) is 0 Å². The maximum Gasteiger partial charge on any atom is 0.259 e. The van der Waals surface area contributed by atoms with Gasteiger partial charge in [-0.25, -0.2) is 4.39 Å². The molecule has 0 amide bonds. The Kier molecular flexibility index (Phi) is 2.02. The molecule has 0 saturated carbocycles. The van der Waals surface area contributed by atoms with Gasteiger partial charge in [0, 0.05) is 5.56 Å². The molecule has 2 aromatic rings. The molecule has 2 N–H and O–H groups in total. The fourth-order valence-corrected chi connectivity index (χ4v) is 0.952. The Labute approximate surface area is 78.8 Å². The van der Waals surface area contributed by atoms with Crippen molar-refractivity contribution < 1.29 is 4.39 Å². The third kappa shape index (κ3) is 1.63. The molecule has 0 atom stereocenters. The molecule has 0 fully saturated rings. The van der Waals surface area contributed by atoms with E-state index in [1.807, 2.05) is 0 Å². The lowest BCUT2D eigenvalue weighted by Gasteiger charge is -1.96. The predicted octanol–water partition coefficient (Wildman–Crippen LogP) is 0.655. The van der Waals surface area contributed by atoms with Crippen LogP contribution >= 0.6 is 0 Å². The summed E-state index contributed by atoms with van der Waals surface area (Å²) in [5, 5.41) is 14.5. The third-order valence-electron chi connectivity index (χ3n) is 1.60. The summed E-state index contributed by atoms with van der Waals surface area (Å²) in [6.07, 6.45) is 0. The van der Waals surface area contributed by atoms with Crippen LogP contribution in [0.15, 0.2) is 24.3 Å². The van der Waals surface area contributed by atoms with Crippen LogP contribution in [0.1, 0.15) is 0 Å². The molecule has 6 heteroatoms. The van der Waals surface area contributed by atoms with Crippen LogP contribution in [0.25, 0.3) is 11.4 Å². The fraction of sp³-hybridized carbons (Fsp3) is 0. The Hall–Kier alpha value is -2.11. The van der Waals surface area contributed by atoms with E-state index < -0.39 is 0 Å². The van der Waals surface area contributed by atoms with Crippen LogP contribution in [0.3, 0.4) is 0 Å². The van der Waals surface area contributed by atoms with Gasteiger partial charge in [0.05, 0.1) is 0 Å². The van der Waals surface area contributed by atoms with E-state index in [2.05, 4.69) is 20.4 Å². The summed E-state index contributed by atoms with van der Waals surface area (Å²) < 4.78 is 12.6. The Morgan fingerprint density at radius 3 is 2.07 bits per heavy atom. The minimum atomic E-state index is -0.315. The van der Waals surface area contributed by atoms with Gasteiger partial charge >= 0.3 is 0 Å². The number of nitrogen functional groups attached to an aromatic ring is 1. The normalized spacial score (nSPS) is 10.1.